The van der Waals surface area contributed by atoms with Crippen LogP contribution in [0.5, 0.6) is 5.88 Å². The van der Waals surface area contributed by atoms with Gasteiger partial charge in [-0.15, -0.1) is 0 Å². The van der Waals surface area contributed by atoms with Crippen LogP contribution >= 0.6 is 0 Å². The molecular formula is C32H34FN5O4. The Kier molecular flexibility index (Phi) is 9.54. The van der Waals surface area contributed by atoms with Crippen molar-refractivity contribution in [2.45, 2.75) is 57.9 Å². The van der Waals surface area contributed by atoms with Crippen LogP contribution in [0.4, 0.5) is 4.39 Å². The molecule has 218 valence electrons. The van der Waals surface area contributed by atoms with Gasteiger partial charge in [-0.25, -0.2) is 14.4 Å². The Balaban J connectivity index is 1.22. The van der Waals surface area contributed by atoms with Gasteiger partial charge < -0.3 is 24.5 Å². The lowest BCUT2D eigenvalue weighted by Gasteiger charge is -2.27. The van der Waals surface area contributed by atoms with Crippen molar-refractivity contribution in [3.05, 3.63) is 88.6 Å². The molecule has 2 aromatic heterocycles. The average molecular weight is 572 g/mol. The number of ketones is 1. The molecule has 0 bridgehead atoms. The van der Waals surface area contributed by atoms with E-state index in [4.69, 9.17) is 19.7 Å². The minimum Gasteiger partial charge on any atom is -0.473 e. The molecule has 9 nitrogen and oxygen atoms in total. The number of pyridine rings is 1. The van der Waals surface area contributed by atoms with Crippen LogP contribution in [-0.2, 0) is 24.4 Å². The quantitative estimate of drug-likeness (QED) is 0.166. The molecule has 2 N–H and O–H groups in total. The summed E-state index contributed by atoms with van der Waals surface area (Å²) in [7, 11) is 0. The molecule has 0 radical (unpaired) electrons. The lowest BCUT2D eigenvalue weighted by Crippen LogP contribution is -2.32. The van der Waals surface area contributed by atoms with Crippen LogP contribution in [0.2, 0.25) is 0 Å². The highest BCUT2D eigenvalue weighted by atomic mass is 19.1. The van der Waals surface area contributed by atoms with Gasteiger partial charge in [0.2, 0.25) is 5.88 Å². The number of aliphatic hydroxyl groups is 1. The highest BCUT2D eigenvalue weighted by Crippen LogP contribution is 2.25. The summed E-state index contributed by atoms with van der Waals surface area (Å²) in [5.41, 5.74) is 3.81. The van der Waals surface area contributed by atoms with Gasteiger partial charge in [0.1, 0.15) is 18.2 Å². The second-order valence-corrected chi connectivity index (χ2v) is 10.5. The molecule has 0 saturated carbocycles. The van der Waals surface area contributed by atoms with Gasteiger partial charge >= 0.3 is 0 Å². The zero-order chi connectivity index (χ0) is 29.5. The van der Waals surface area contributed by atoms with E-state index in [1.54, 1.807) is 19.1 Å². The summed E-state index contributed by atoms with van der Waals surface area (Å²) in [4.78, 5) is 21.4. The van der Waals surface area contributed by atoms with Gasteiger partial charge in [0.25, 0.3) is 0 Å². The molecule has 4 aromatic rings. The maximum atomic E-state index is 14.2. The van der Waals surface area contributed by atoms with E-state index in [-0.39, 0.29) is 36.6 Å². The van der Waals surface area contributed by atoms with Crippen LogP contribution in [0.3, 0.4) is 0 Å². The number of hydrogen-bond donors (Lipinski definition) is 2. The molecule has 1 aliphatic rings. The molecule has 1 unspecified atom stereocenters. The number of Topliss-reactive ketones (excluding diaryl/α,β-unsaturated/α-hetero) is 1. The molecular weight excluding hydrogens is 537 g/mol. The number of hydrogen-bond acceptors (Lipinski definition) is 8. The number of benzene rings is 2. The molecule has 1 fully saturated rings. The van der Waals surface area contributed by atoms with E-state index >= 15 is 0 Å². The highest BCUT2D eigenvalue weighted by molar-refractivity contribution is 5.97. The maximum Gasteiger partial charge on any atom is 0.213 e. The molecule has 0 spiro atoms. The van der Waals surface area contributed by atoms with Crippen LogP contribution in [0.25, 0.3) is 11.0 Å². The van der Waals surface area contributed by atoms with Crippen LogP contribution < -0.4 is 10.1 Å². The molecule has 0 amide bonds. The fourth-order valence-electron chi connectivity index (χ4n) is 5.06. The average Bonchev–Trinajstić information content (AvgIpc) is 3.32. The number of halogens is 1. The van der Waals surface area contributed by atoms with Crippen molar-refractivity contribution < 1.29 is 23.8 Å². The third kappa shape index (κ3) is 6.99. The van der Waals surface area contributed by atoms with Crippen molar-refractivity contribution >= 4 is 16.8 Å². The summed E-state index contributed by atoms with van der Waals surface area (Å²) in [6.07, 6.45) is 2.40. The third-order valence-electron chi connectivity index (χ3n) is 7.56. The zero-order valence-electron chi connectivity index (χ0n) is 23.6. The van der Waals surface area contributed by atoms with E-state index in [0.717, 1.165) is 42.0 Å². The summed E-state index contributed by atoms with van der Waals surface area (Å²) in [5.74, 6) is 0.747. The zero-order valence-corrected chi connectivity index (χ0v) is 23.6. The first-order valence-corrected chi connectivity index (χ1v) is 14.2. The molecule has 3 heterocycles. The van der Waals surface area contributed by atoms with E-state index in [0.29, 0.717) is 43.1 Å². The van der Waals surface area contributed by atoms with Crippen LogP contribution in [0.15, 0.2) is 54.6 Å². The van der Waals surface area contributed by atoms with E-state index in [2.05, 4.69) is 14.9 Å². The Morgan fingerprint density at radius 3 is 2.81 bits per heavy atom. The number of nitrogens with zero attached hydrogens (tertiary/aromatic N) is 4. The monoisotopic (exact) mass is 571 g/mol. The van der Waals surface area contributed by atoms with Gasteiger partial charge in [-0.1, -0.05) is 12.1 Å². The number of imidazole rings is 1. The number of aliphatic hydroxyl groups excluding tert-OH is 1. The number of ether oxygens (including phenoxy) is 2. The van der Waals surface area contributed by atoms with Crippen molar-refractivity contribution in [2.24, 2.45) is 0 Å². The number of carbonyl (C=O) groups excluding carboxylic acids is 1. The van der Waals surface area contributed by atoms with Crippen molar-refractivity contribution in [3.63, 3.8) is 0 Å². The summed E-state index contributed by atoms with van der Waals surface area (Å²) in [5, 5.41) is 22.1. The number of carbonyl (C=O) groups is 1. The van der Waals surface area contributed by atoms with E-state index in [1.807, 2.05) is 36.4 Å². The smallest absolute Gasteiger partial charge is 0.213 e. The fourth-order valence-corrected chi connectivity index (χ4v) is 5.06. The SMILES string of the molecule is CC(=O)c1ccc2nc(CNCCC(CCO)c3cccc(OCc4ccc(C#N)cc4F)n3)n(C[C@@H]3CCO3)c2c1. The van der Waals surface area contributed by atoms with Crippen LogP contribution in [0.1, 0.15) is 65.1 Å². The standard InChI is InChI=1S/C32H34FN5O4/c1-21(40)24-7-8-29-30(16-24)38(19-26-11-14-41-26)31(36-29)18-35-12-9-23(10-13-39)28-3-2-4-32(37-28)42-20-25-6-5-22(17-34)15-27(25)33/h2-8,15-16,23,26,35,39H,9-14,18-20H2,1H3/t23?,26-/m0/s1. The van der Waals surface area contributed by atoms with Gasteiger partial charge in [-0.3, -0.25) is 4.79 Å². The number of aromatic nitrogens is 3. The largest absolute Gasteiger partial charge is 0.473 e. The Morgan fingerprint density at radius 1 is 1.24 bits per heavy atom. The Hall–Kier alpha value is -4.17. The Labute approximate surface area is 243 Å². The number of rotatable bonds is 14. The van der Waals surface area contributed by atoms with Gasteiger partial charge in [-0.2, -0.15) is 5.26 Å². The van der Waals surface area contributed by atoms with Gasteiger partial charge in [0, 0.05) is 42.0 Å². The van der Waals surface area contributed by atoms with Gasteiger partial charge in [-0.05, 0) is 69.1 Å². The number of nitriles is 1. The molecule has 10 heteroatoms. The minimum absolute atomic E-state index is 0.0129. The minimum atomic E-state index is -0.498. The summed E-state index contributed by atoms with van der Waals surface area (Å²) in [6.45, 7) is 4.22. The maximum absolute atomic E-state index is 14.2. The van der Waals surface area contributed by atoms with Crippen molar-refractivity contribution in [1.29, 1.82) is 5.26 Å². The first kappa shape index (κ1) is 29.3. The lowest BCUT2D eigenvalue weighted by molar-refractivity contribution is -0.0590. The van der Waals surface area contributed by atoms with Gasteiger partial charge in [0.05, 0.1) is 41.9 Å². The van der Waals surface area contributed by atoms with E-state index < -0.39 is 5.82 Å². The molecule has 1 saturated heterocycles. The second kappa shape index (κ2) is 13.7. The summed E-state index contributed by atoms with van der Waals surface area (Å²) in [6, 6.07) is 17.3. The number of nitrogens with one attached hydrogen (secondary N) is 1. The molecule has 5 rings (SSSR count). The van der Waals surface area contributed by atoms with Crippen molar-refractivity contribution in [2.75, 3.05) is 19.8 Å². The van der Waals surface area contributed by atoms with Crippen LogP contribution in [-0.4, -0.2) is 51.3 Å². The van der Waals surface area contributed by atoms with Crippen molar-refractivity contribution in [3.8, 4) is 11.9 Å². The van der Waals surface area contributed by atoms with Crippen molar-refractivity contribution in [1.82, 2.24) is 19.9 Å². The topological polar surface area (TPSA) is 122 Å². The van der Waals surface area contributed by atoms with Gasteiger partial charge in [0.15, 0.2) is 5.78 Å². The molecule has 42 heavy (non-hydrogen) atoms. The third-order valence-corrected chi connectivity index (χ3v) is 7.56. The first-order valence-electron chi connectivity index (χ1n) is 14.2. The molecule has 2 atom stereocenters. The fraction of sp³-hybridized carbons (Fsp3) is 0.375. The Morgan fingerprint density at radius 2 is 2.10 bits per heavy atom. The first-order chi connectivity index (χ1) is 20.4. The number of fused-ring (bicyclic) bond motifs is 1. The molecule has 2 aromatic carbocycles. The Bertz CT molecular complexity index is 1590. The lowest BCUT2D eigenvalue weighted by atomic mass is 9.97. The summed E-state index contributed by atoms with van der Waals surface area (Å²) >= 11 is 0. The highest BCUT2D eigenvalue weighted by Gasteiger charge is 2.22. The van der Waals surface area contributed by atoms with E-state index in [9.17, 15) is 14.3 Å². The predicted octanol–water partition coefficient (Wildman–Crippen LogP) is 4.66. The van der Waals surface area contributed by atoms with E-state index in [1.165, 1.54) is 12.1 Å². The predicted molar refractivity (Wildman–Crippen MR) is 155 cm³/mol. The van der Waals surface area contributed by atoms with Crippen LogP contribution in [0, 0.1) is 17.1 Å². The summed E-state index contributed by atoms with van der Waals surface area (Å²) < 4.78 is 27.8. The second-order valence-electron chi connectivity index (χ2n) is 10.5. The normalized spacial score (nSPS) is 15.2. The molecule has 0 aliphatic carbocycles. The molecule has 1 aliphatic heterocycles.